The zero-order valence-electron chi connectivity index (χ0n) is 38.1. The molecule has 2 aliphatic rings. The molecule has 0 bridgehead atoms. The second-order valence-electron chi connectivity index (χ2n) is 15.9. The molecule has 2 saturated heterocycles. The van der Waals surface area contributed by atoms with Crippen molar-refractivity contribution in [1.82, 2.24) is 61.1 Å². The van der Waals surface area contributed by atoms with Crippen molar-refractivity contribution in [3.8, 4) is 0 Å². The number of hydrogen-bond donors (Lipinski definition) is 2. The number of nitrogens with zero attached hydrogens (tertiary/aromatic N) is 10. The molecule has 342 valence electrons. The Morgan fingerprint density at radius 1 is 0.833 bits per heavy atom. The van der Waals surface area contributed by atoms with Crippen LogP contribution in [0.25, 0.3) is 0 Å². The van der Waals surface area contributed by atoms with Crippen LogP contribution in [0, 0.1) is 38.5 Å². The van der Waals surface area contributed by atoms with Gasteiger partial charge >= 0.3 is 6.03 Å². The van der Waals surface area contributed by atoms with E-state index in [2.05, 4.69) is 107 Å². The van der Waals surface area contributed by atoms with Gasteiger partial charge in [0.1, 0.15) is 16.1 Å². The van der Waals surface area contributed by atoms with Gasteiger partial charge in [-0.15, -0.1) is 48.2 Å². The summed E-state index contributed by atoms with van der Waals surface area (Å²) in [4.78, 5) is 39.7. The van der Waals surface area contributed by atoms with Gasteiger partial charge in [-0.05, 0) is 50.0 Å². The highest BCUT2D eigenvalue weighted by Crippen LogP contribution is 2.23. The lowest BCUT2D eigenvalue weighted by atomic mass is 10.1. The summed E-state index contributed by atoms with van der Waals surface area (Å²) in [5, 5.41) is 33.3. The topological polar surface area (TPSA) is 200 Å². The van der Waals surface area contributed by atoms with E-state index in [1.54, 1.807) is 34.3 Å². The fourth-order valence-electron chi connectivity index (χ4n) is 4.33. The van der Waals surface area contributed by atoms with Crippen LogP contribution < -0.4 is 10.6 Å². The molecule has 6 heterocycles. The maximum Gasteiger partial charge on any atom is 0.322 e. The van der Waals surface area contributed by atoms with Gasteiger partial charge in [0.25, 0.3) is 5.91 Å². The predicted octanol–water partition coefficient (Wildman–Crippen LogP) is 9.47. The summed E-state index contributed by atoms with van der Waals surface area (Å²) in [6, 6.07) is -0.416. The molecule has 4 aromatic heterocycles. The van der Waals surface area contributed by atoms with E-state index < -0.39 is 0 Å². The highest BCUT2D eigenvalue weighted by Gasteiger charge is 2.32. The van der Waals surface area contributed by atoms with Crippen LogP contribution in [-0.4, -0.2) is 87.0 Å². The van der Waals surface area contributed by atoms with E-state index in [1.807, 2.05) is 86.0 Å². The second kappa shape index (κ2) is 30.6. The lowest BCUT2D eigenvalue weighted by molar-refractivity contribution is -0.126. The van der Waals surface area contributed by atoms with E-state index >= 15 is 0 Å². The number of carbonyl (C=O) groups is 3. The number of amides is 4. The van der Waals surface area contributed by atoms with Crippen LogP contribution in [0.3, 0.4) is 0 Å². The number of aryl methyl sites for hydroxylation is 4. The number of carbonyl (C=O) groups excluding carboxylic acids is 3. The summed E-state index contributed by atoms with van der Waals surface area (Å²) in [5.74, 6) is 4.79. The lowest BCUT2D eigenvalue weighted by Crippen LogP contribution is -2.33. The molecule has 2 N–H and O–H groups in total. The standard InChI is InChI=1S/C9H15NO.C6H10N2O2.C6H10N2O.C6H10N2S.C5H10N4.C4H5NS.C4H10.2CH4/c1-6(2)10-5-7(3)8(4)9(10)11;1-3(2)4-5(9)8-6(10)7-4;2*1-4(2)6-8-7-5(3)9-6;1-4(2)5-6-7-8-9(5)3;1-4-2-5-3-6-4;1-4(2)3;;/h6-7H,4-5H2,1-3H3;3-4H,1-2H3,(H2,7,8,9,10);3*4H,1-3H3;2-3H,1H3;4H,1-3H3;2*1H4. The summed E-state index contributed by atoms with van der Waals surface area (Å²) in [7, 11) is 1.84. The molecule has 2 unspecified atom stereocenters. The molecule has 2 fully saturated rings. The zero-order chi connectivity index (χ0) is 44.9. The van der Waals surface area contributed by atoms with Crippen molar-refractivity contribution in [3.05, 3.63) is 56.4 Å². The number of nitrogens with one attached hydrogen (secondary N) is 2. The van der Waals surface area contributed by atoms with Gasteiger partial charge in [0, 0.05) is 66.9 Å². The van der Waals surface area contributed by atoms with Crippen LogP contribution in [-0.2, 0) is 16.6 Å². The normalized spacial score (nSPS) is 15.1. The maximum absolute atomic E-state index is 11.4. The fourth-order valence-corrected chi connectivity index (χ4v) is 5.44. The lowest BCUT2D eigenvalue weighted by Gasteiger charge is -2.19. The monoisotopic (exact) mass is 879 g/mol. The Hall–Kier alpha value is -4.45. The third kappa shape index (κ3) is 24.0. The number of urea groups is 1. The minimum absolute atomic E-state index is 0. The minimum Gasteiger partial charge on any atom is -0.425 e. The van der Waals surface area contributed by atoms with Gasteiger partial charge in [0.05, 0.1) is 5.51 Å². The van der Waals surface area contributed by atoms with Gasteiger partial charge in [0.2, 0.25) is 17.7 Å². The molecule has 4 aromatic rings. The predicted molar refractivity (Wildman–Crippen MR) is 246 cm³/mol. The van der Waals surface area contributed by atoms with E-state index in [4.69, 9.17) is 4.42 Å². The summed E-state index contributed by atoms with van der Waals surface area (Å²) < 4.78 is 6.81. The molecule has 2 aliphatic heterocycles. The SMILES string of the molecule is C.C.C=C1C(=O)N(C(C)C)CC1C.CC(C)C.CC(C)C1NC(=O)NC1=O.CC(C)c1nnnn1C.Cc1cncs1.Cc1nnc(C(C)C)o1.Cc1nnc(C(C)C)s1. The Labute approximate surface area is 369 Å². The number of imide groups is 1. The van der Waals surface area contributed by atoms with Crippen LogP contribution in [0.5, 0.6) is 0 Å². The number of rotatable bonds is 5. The molecule has 0 aromatic carbocycles. The molecular formula is C42H78N12O4S2. The van der Waals surface area contributed by atoms with Crippen LogP contribution >= 0.6 is 22.7 Å². The Morgan fingerprint density at radius 2 is 1.42 bits per heavy atom. The Balaban J connectivity index is -0.000000638. The van der Waals surface area contributed by atoms with Gasteiger partial charge in [0.15, 0.2) is 5.82 Å². The highest BCUT2D eigenvalue weighted by molar-refractivity contribution is 7.11. The summed E-state index contributed by atoms with van der Waals surface area (Å²) >= 11 is 3.34. The van der Waals surface area contributed by atoms with Gasteiger partial charge < -0.3 is 14.6 Å². The first-order valence-electron chi connectivity index (χ1n) is 19.7. The average Bonchev–Trinajstić information content (AvgIpc) is 3.99. The number of aromatic nitrogens is 9. The number of tetrazole rings is 1. The number of thiazole rings is 1. The van der Waals surface area contributed by atoms with E-state index in [-0.39, 0.29) is 44.7 Å². The molecule has 0 aliphatic carbocycles. The number of likely N-dealkylation sites (tertiary alicyclic amines) is 1. The third-order valence-corrected chi connectivity index (χ3v) is 9.34. The maximum atomic E-state index is 11.4. The van der Waals surface area contributed by atoms with Crippen molar-refractivity contribution in [2.75, 3.05) is 6.54 Å². The molecule has 4 amide bonds. The molecular weight excluding hydrogens is 801 g/mol. The fraction of sp³-hybridized carbons (Fsp3) is 0.690. The summed E-state index contributed by atoms with van der Waals surface area (Å²) in [5.41, 5.74) is 2.59. The first-order valence-corrected chi connectivity index (χ1v) is 21.4. The first-order chi connectivity index (χ1) is 26.9. The van der Waals surface area contributed by atoms with Crippen molar-refractivity contribution in [2.24, 2.45) is 24.8 Å². The molecule has 0 radical (unpaired) electrons. The Kier molecular flexibility index (Phi) is 30.5. The average molecular weight is 879 g/mol. The third-order valence-electron chi connectivity index (χ3n) is 7.49. The van der Waals surface area contributed by atoms with Crippen molar-refractivity contribution in [1.29, 1.82) is 0 Å². The molecule has 16 nitrogen and oxygen atoms in total. The van der Waals surface area contributed by atoms with Gasteiger partial charge in [-0.2, -0.15) is 0 Å². The highest BCUT2D eigenvalue weighted by atomic mass is 32.1. The largest absolute Gasteiger partial charge is 0.425 e. The van der Waals surface area contributed by atoms with Gasteiger partial charge in [-0.1, -0.05) is 105 Å². The van der Waals surface area contributed by atoms with Crippen LogP contribution in [0.4, 0.5) is 4.79 Å². The van der Waals surface area contributed by atoms with E-state index in [1.165, 1.54) is 4.88 Å². The molecule has 6 rings (SSSR count). The molecule has 0 saturated carbocycles. The minimum atomic E-state index is -0.385. The first kappa shape index (κ1) is 59.9. The van der Waals surface area contributed by atoms with Crippen LogP contribution in [0.1, 0.15) is 162 Å². The van der Waals surface area contributed by atoms with Crippen LogP contribution in [0.15, 0.2) is 28.3 Å². The van der Waals surface area contributed by atoms with Gasteiger partial charge in [-0.25, -0.2) is 9.48 Å². The van der Waals surface area contributed by atoms with E-state index in [0.717, 1.165) is 33.9 Å². The Bertz CT molecular complexity index is 1720. The van der Waals surface area contributed by atoms with Crippen molar-refractivity contribution < 1.29 is 18.8 Å². The van der Waals surface area contributed by atoms with Crippen LogP contribution in [0.2, 0.25) is 0 Å². The summed E-state index contributed by atoms with van der Waals surface area (Å²) in [6.07, 6.45) is 1.85. The number of hydrogen-bond acceptors (Lipinski definition) is 14. The summed E-state index contributed by atoms with van der Waals surface area (Å²) in [6.45, 7) is 39.2. The zero-order valence-corrected chi connectivity index (χ0v) is 39.7. The van der Waals surface area contributed by atoms with Gasteiger partial charge in [-0.3, -0.25) is 19.9 Å². The van der Waals surface area contributed by atoms with Crippen molar-refractivity contribution in [2.45, 2.75) is 162 Å². The van der Waals surface area contributed by atoms with Crippen molar-refractivity contribution in [3.63, 3.8) is 0 Å². The Morgan fingerprint density at radius 3 is 1.60 bits per heavy atom. The molecule has 2 atom stereocenters. The van der Waals surface area contributed by atoms with E-state index in [9.17, 15) is 14.4 Å². The smallest absolute Gasteiger partial charge is 0.322 e. The quantitative estimate of drug-likeness (QED) is 0.142. The molecule has 60 heavy (non-hydrogen) atoms. The van der Waals surface area contributed by atoms with Crippen molar-refractivity contribution >= 4 is 40.5 Å². The molecule has 0 spiro atoms. The molecule has 18 heteroatoms. The van der Waals surface area contributed by atoms with E-state index in [0.29, 0.717) is 41.5 Å². The second-order valence-corrected chi connectivity index (χ2v) is 18.3.